The molecule has 0 aliphatic carbocycles. The highest BCUT2D eigenvalue weighted by Gasteiger charge is 2.39. The van der Waals surface area contributed by atoms with Crippen molar-refractivity contribution in [2.45, 2.75) is 155 Å². The minimum atomic E-state index is -4.39. The smallest absolute Gasteiger partial charge is 0.489 e. The topological polar surface area (TPSA) is 178 Å². The predicted molar refractivity (Wildman–Crippen MR) is 507 cm³/mol. The zero-order valence-electron chi connectivity index (χ0n) is 69.7. The molecule has 6 aliphatic heterocycles. The summed E-state index contributed by atoms with van der Waals surface area (Å²) < 4.78 is 106. The first-order valence-electron chi connectivity index (χ1n) is 40.4. The molecule has 618 valence electrons. The first kappa shape index (κ1) is 89.8. The lowest BCUT2D eigenvalue weighted by Crippen LogP contribution is -2.37. The van der Waals surface area contributed by atoms with Crippen LogP contribution in [0.25, 0.3) is 4.85 Å². The number of rotatable bonds is 17. The van der Waals surface area contributed by atoms with Crippen molar-refractivity contribution in [3.05, 3.63) is 358 Å². The lowest BCUT2D eigenvalue weighted by molar-refractivity contribution is 0.275. The van der Waals surface area contributed by atoms with Crippen molar-refractivity contribution in [1.29, 1.82) is 0 Å². The van der Waals surface area contributed by atoms with E-state index in [4.69, 9.17) is 39.2 Å². The van der Waals surface area contributed by atoms with Crippen molar-refractivity contribution in [1.82, 2.24) is 0 Å². The van der Waals surface area contributed by atoms with Crippen molar-refractivity contribution in [2.24, 2.45) is 0 Å². The van der Waals surface area contributed by atoms with Crippen LogP contribution < -0.4 is 41.2 Å². The van der Waals surface area contributed by atoms with E-state index >= 15 is 0 Å². The van der Waals surface area contributed by atoms with Crippen LogP contribution in [0, 0.1) is 27.3 Å². The quantitative estimate of drug-likeness (QED) is 0.0517. The molecule has 0 saturated carbocycles. The molecule has 28 heteroatoms. The van der Waals surface area contributed by atoms with Gasteiger partial charge in [0, 0.05) is 44.1 Å². The van der Waals surface area contributed by atoms with Crippen molar-refractivity contribution in [3.63, 3.8) is 0 Å². The SMILES string of the molecule is CB1OCc2cc(N(S(=O)(=O)c3ccccc3)S(=O)(=O)c3ccccc3)ccc21.CB1OCc2ccc(S(=O)c3ccc(C)cc3)cc21.CB1OCc2ccc(Sc3ccc(C)cc3)cc21.CSc1ccc(Sc2ccc3c(c2)B(C)OC3)cc1.Cc1ccc(Sc2ccc3c(c2)B(O)OC3)cc1.[C-]#[N+]c1cccc(COc2ccc3c(c2)COB3C)c1. The first-order valence-corrected chi connectivity index (χ1v) is 48.1. The highest BCUT2D eigenvalue weighted by atomic mass is 32.3. The molecule has 19 rings (SSSR count). The number of ether oxygens (including phenoxy) is 1. The van der Waals surface area contributed by atoms with Crippen LogP contribution in [0.2, 0.25) is 34.1 Å². The molecule has 0 aromatic heterocycles. The van der Waals surface area contributed by atoms with Gasteiger partial charge in [0.1, 0.15) is 12.4 Å². The van der Waals surface area contributed by atoms with Crippen LogP contribution in [-0.4, -0.2) is 74.0 Å². The molecule has 13 aromatic rings. The fourth-order valence-electron chi connectivity index (χ4n) is 14.4. The number of anilines is 1. The summed E-state index contributed by atoms with van der Waals surface area (Å²) in [6.45, 7) is 28.2. The van der Waals surface area contributed by atoms with Gasteiger partial charge in [0.25, 0.3) is 20.0 Å². The van der Waals surface area contributed by atoms with Crippen LogP contribution in [0.3, 0.4) is 0 Å². The van der Waals surface area contributed by atoms with E-state index in [1.54, 1.807) is 78.1 Å². The molecule has 6 aliphatic rings. The number of benzene rings is 13. The Morgan fingerprint density at radius 2 is 0.772 bits per heavy atom. The lowest BCUT2D eigenvalue weighted by atomic mass is 9.64. The Labute approximate surface area is 745 Å². The molecule has 1 atom stereocenters. The minimum Gasteiger partial charge on any atom is -0.489 e. The van der Waals surface area contributed by atoms with Crippen LogP contribution in [0.1, 0.15) is 55.6 Å². The lowest BCUT2D eigenvalue weighted by Gasteiger charge is -2.24. The normalized spacial score (nSPS) is 13.9. The largest absolute Gasteiger partial charge is 0.491 e. The average Bonchev–Trinajstić information content (AvgIpc) is 1.43. The maximum Gasteiger partial charge on any atom is 0.491 e. The Kier molecular flexibility index (Phi) is 30.3. The van der Waals surface area contributed by atoms with Gasteiger partial charge in [0.15, 0.2) is 5.69 Å². The third-order valence-corrected chi connectivity index (χ3v) is 30.8. The van der Waals surface area contributed by atoms with E-state index < -0.39 is 38.0 Å². The number of fused-ring (bicyclic) bond motifs is 6. The summed E-state index contributed by atoms with van der Waals surface area (Å²) in [6, 6.07) is 92.5. The fraction of sp³-hybridized carbons (Fsp3) is 0.168. The van der Waals surface area contributed by atoms with E-state index in [1.807, 2.05) is 129 Å². The minimum absolute atomic E-state index is 0.0501. The molecule has 1 N–H and O–H groups in total. The Bertz CT molecular complexity index is 6020. The van der Waals surface area contributed by atoms with E-state index in [2.05, 4.69) is 167 Å². The second-order valence-electron chi connectivity index (χ2n) is 30.2. The van der Waals surface area contributed by atoms with Crippen LogP contribution in [0.4, 0.5) is 11.4 Å². The average molecular weight is 1760 g/mol. The third kappa shape index (κ3) is 22.8. The Balaban J connectivity index is 0.000000121. The predicted octanol–water partition coefficient (Wildman–Crippen LogP) is 18.1. The molecule has 0 fully saturated rings. The number of sulfonamides is 2. The molecular weight excluding hydrogens is 1670 g/mol. The Morgan fingerprint density at radius 1 is 0.390 bits per heavy atom. The van der Waals surface area contributed by atoms with Crippen LogP contribution in [-0.2, 0) is 105 Å². The number of hydrogen-bond acceptors (Lipinski definition) is 17. The first-order chi connectivity index (χ1) is 59.4. The zero-order valence-corrected chi connectivity index (χ0v) is 75.4. The maximum atomic E-state index is 13.4. The molecule has 13 aromatic carbocycles. The van der Waals surface area contributed by atoms with Gasteiger partial charge in [-0.2, -0.15) is 3.71 Å². The van der Waals surface area contributed by atoms with Gasteiger partial charge in [0.05, 0.1) is 72.5 Å². The van der Waals surface area contributed by atoms with E-state index in [0.717, 1.165) is 66.7 Å². The van der Waals surface area contributed by atoms with Gasteiger partial charge in [-0.3, -0.25) is 0 Å². The van der Waals surface area contributed by atoms with Gasteiger partial charge in [-0.25, -0.2) is 25.9 Å². The van der Waals surface area contributed by atoms with Crippen molar-refractivity contribution >= 4 is 164 Å². The summed E-state index contributed by atoms with van der Waals surface area (Å²) in [4.78, 5) is 13.7. The summed E-state index contributed by atoms with van der Waals surface area (Å²) in [5.74, 6) is 0.842. The van der Waals surface area contributed by atoms with Crippen molar-refractivity contribution < 1.29 is 58.7 Å². The molecule has 0 radical (unpaired) electrons. The van der Waals surface area contributed by atoms with E-state index in [1.165, 1.54) is 115 Å². The fourth-order valence-corrected chi connectivity index (χ4v) is 22.2. The summed E-state index contributed by atoms with van der Waals surface area (Å²) in [5, 5.41) is 9.68. The summed E-state index contributed by atoms with van der Waals surface area (Å²) >= 11 is 7.09. The number of thioether (sulfide) groups is 1. The molecule has 0 amide bonds. The van der Waals surface area contributed by atoms with Crippen LogP contribution in [0.15, 0.2) is 345 Å². The second kappa shape index (κ2) is 41.5. The van der Waals surface area contributed by atoms with E-state index in [0.29, 0.717) is 42.4 Å². The van der Waals surface area contributed by atoms with E-state index in [9.17, 15) is 26.1 Å². The van der Waals surface area contributed by atoms with Gasteiger partial charge in [-0.05, 0) is 250 Å². The summed E-state index contributed by atoms with van der Waals surface area (Å²) in [6.07, 6.45) is 2.10. The molecule has 0 spiro atoms. The van der Waals surface area contributed by atoms with Crippen LogP contribution in [0.5, 0.6) is 5.75 Å². The van der Waals surface area contributed by atoms with Gasteiger partial charge in [-0.15, -0.1) is 11.8 Å². The van der Waals surface area contributed by atoms with Gasteiger partial charge in [0.2, 0.25) is 0 Å². The maximum absolute atomic E-state index is 13.4. The molecule has 0 bridgehead atoms. The van der Waals surface area contributed by atoms with Crippen molar-refractivity contribution in [2.75, 3.05) is 9.97 Å². The molecular formula is C95H90B6N2O13S7. The number of nitrogens with zero attached hydrogens (tertiary/aromatic N) is 2. The Morgan fingerprint density at radius 3 is 1.25 bits per heavy atom. The van der Waals surface area contributed by atoms with Gasteiger partial charge in [-0.1, -0.05) is 226 Å². The second-order valence-corrected chi connectivity index (χ2v) is 39.8. The molecule has 0 saturated heterocycles. The van der Waals surface area contributed by atoms with E-state index in [-0.39, 0.29) is 50.1 Å². The molecule has 15 nitrogen and oxygen atoms in total. The summed E-state index contributed by atoms with van der Waals surface area (Å²) in [5.41, 5.74) is 19.2. The third-order valence-electron chi connectivity index (χ3n) is 21.4. The number of aryl methyl sites for hydroxylation is 3. The van der Waals surface area contributed by atoms with Gasteiger partial charge < -0.3 is 37.7 Å². The van der Waals surface area contributed by atoms with Gasteiger partial charge >= 0.3 is 41.7 Å². The monoisotopic (exact) mass is 1760 g/mol. The number of hydrogen-bond donors (Lipinski definition) is 1. The molecule has 1 unspecified atom stereocenters. The Hall–Kier alpha value is -9.49. The standard InChI is InChI=1S/C20H18BNO5S2.C16H14BNO2.C15H15BO2S.C15H15BOS2.C15H15BOS.C14H13BO2S/c1-21-20-13-12-17(14-16(20)15-27-21)22(28(23,24)18-8-4-2-5-9-18)29(25,26)19-10-6-3-7-11-19;1-17-16-7-6-15(9-13(16)11-20-17)19-10-12-4-3-5-14(8-12)18-2;1-11-3-6-13(7-4-11)19(17)14-8-5-12-10-18-16(2)15(12)9-14;1-16-15-9-14(4-3-11(15)10-17-16)19-13-7-5-12(18-2)6-8-13;1-11-3-6-13(7-4-11)18-14-8-5-12-10-17-16(2)15(12)9-14;1-10-2-5-12(6-3-10)18-13-7-4-11-9-17-15(16)14(11)8-13/h2-14H,15H2,1H3;3-9H,10-11H2,1H3;2*3-9H,10H2,1-2H3;3-9H,10H2,1-2H3;2-8,16H,9H2,1H3. The molecule has 6 heterocycles. The highest BCUT2D eigenvalue weighted by Crippen LogP contribution is 2.36. The van der Waals surface area contributed by atoms with Crippen LogP contribution >= 0.6 is 47.0 Å². The van der Waals surface area contributed by atoms with Crippen molar-refractivity contribution in [3.8, 4) is 5.75 Å². The highest BCUT2D eigenvalue weighted by molar-refractivity contribution is 8.10. The molecule has 123 heavy (non-hydrogen) atoms. The summed E-state index contributed by atoms with van der Waals surface area (Å²) in [7, 11) is -10.7. The zero-order chi connectivity index (χ0) is 86.3.